The first-order valence-electron chi connectivity index (χ1n) is 4.92. The summed E-state index contributed by atoms with van der Waals surface area (Å²) in [4.78, 5) is 0. The molecular formula is C11H11ClFN3. The number of hydrogen-bond donors (Lipinski definition) is 1. The highest BCUT2D eigenvalue weighted by Crippen LogP contribution is 2.18. The first kappa shape index (κ1) is 11.0. The zero-order valence-corrected chi connectivity index (χ0v) is 9.28. The molecule has 0 atom stereocenters. The number of nitrogens with one attached hydrogen (secondary N) is 1. The maximum atomic E-state index is 13.1. The van der Waals surface area contributed by atoms with Crippen molar-refractivity contribution in [2.75, 3.05) is 11.9 Å². The summed E-state index contributed by atoms with van der Waals surface area (Å²) in [6.45, 7) is 1.42. The normalized spacial score (nSPS) is 10.4. The van der Waals surface area contributed by atoms with Gasteiger partial charge in [-0.2, -0.15) is 5.10 Å². The summed E-state index contributed by atoms with van der Waals surface area (Å²) >= 11 is 5.58. The van der Waals surface area contributed by atoms with E-state index in [1.807, 2.05) is 12.3 Å². The van der Waals surface area contributed by atoms with E-state index in [1.54, 1.807) is 16.9 Å². The van der Waals surface area contributed by atoms with E-state index in [-0.39, 0.29) is 5.02 Å². The predicted molar refractivity (Wildman–Crippen MR) is 62.1 cm³/mol. The van der Waals surface area contributed by atoms with Crippen LogP contribution in [-0.2, 0) is 6.54 Å². The van der Waals surface area contributed by atoms with Gasteiger partial charge in [-0.1, -0.05) is 11.6 Å². The second kappa shape index (κ2) is 4.99. The Hall–Kier alpha value is -1.55. The fourth-order valence-corrected chi connectivity index (χ4v) is 1.47. The number of nitrogens with zero attached hydrogens (tertiary/aromatic N) is 2. The monoisotopic (exact) mass is 239 g/mol. The molecule has 0 saturated carbocycles. The average molecular weight is 240 g/mol. The molecule has 0 aliphatic heterocycles. The van der Waals surface area contributed by atoms with Crippen LogP contribution in [0.15, 0.2) is 36.7 Å². The number of aromatic nitrogens is 2. The Balaban J connectivity index is 1.87. The fraction of sp³-hybridized carbons (Fsp3) is 0.182. The lowest BCUT2D eigenvalue weighted by atomic mass is 10.3. The van der Waals surface area contributed by atoms with Crippen LogP contribution in [0.2, 0.25) is 5.02 Å². The van der Waals surface area contributed by atoms with Crippen LogP contribution in [0.3, 0.4) is 0 Å². The highest BCUT2D eigenvalue weighted by Gasteiger charge is 2.00. The van der Waals surface area contributed by atoms with Gasteiger partial charge in [-0.3, -0.25) is 4.68 Å². The van der Waals surface area contributed by atoms with Crippen molar-refractivity contribution in [2.24, 2.45) is 0 Å². The molecule has 1 heterocycles. The van der Waals surface area contributed by atoms with Gasteiger partial charge in [0.15, 0.2) is 0 Å². The van der Waals surface area contributed by atoms with Gasteiger partial charge in [0.05, 0.1) is 11.6 Å². The molecule has 2 aromatic rings. The SMILES string of the molecule is Fc1cc(NCCn2cccn2)ccc1Cl. The number of benzene rings is 1. The molecule has 0 aliphatic rings. The topological polar surface area (TPSA) is 29.9 Å². The molecule has 1 N–H and O–H groups in total. The summed E-state index contributed by atoms with van der Waals surface area (Å²) in [6, 6.07) is 6.52. The molecule has 0 fully saturated rings. The van der Waals surface area contributed by atoms with Crippen molar-refractivity contribution < 1.29 is 4.39 Å². The summed E-state index contributed by atoms with van der Waals surface area (Å²) in [5, 5.41) is 7.29. The van der Waals surface area contributed by atoms with Gasteiger partial charge in [0.2, 0.25) is 0 Å². The number of anilines is 1. The summed E-state index contributed by atoms with van der Waals surface area (Å²) in [6.07, 6.45) is 3.60. The van der Waals surface area contributed by atoms with E-state index < -0.39 is 5.82 Å². The third-order valence-electron chi connectivity index (χ3n) is 2.15. The lowest BCUT2D eigenvalue weighted by Gasteiger charge is -2.06. The maximum Gasteiger partial charge on any atom is 0.143 e. The van der Waals surface area contributed by atoms with E-state index >= 15 is 0 Å². The smallest absolute Gasteiger partial charge is 0.143 e. The summed E-state index contributed by atoms with van der Waals surface area (Å²) < 4.78 is 14.9. The van der Waals surface area contributed by atoms with E-state index in [2.05, 4.69) is 10.4 Å². The standard InChI is InChI=1S/C11H11ClFN3/c12-10-3-2-9(8-11(10)13)14-5-7-16-6-1-4-15-16/h1-4,6,8,14H,5,7H2. The summed E-state index contributed by atoms with van der Waals surface area (Å²) in [5.74, 6) is -0.411. The molecule has 0 amide bonds. The molecule has 84 valence electrons. The first-order valence-corrected chi connectivity index (χ1v) is 5.30. The van der Waals surface area contributed by atoms with Crippen molar-refractivity contribution in [3.05, 3.63) is 47.5 Å². The van der Waals surface area contributed by atoms with Crippen LogP contribution in [0.25, 0.3) is 0 Å². The van der Waals surface area contributed by atoms with E-state index in [0.717, 1.165) is 6.54 Å². The van der Waals surface area contributed by atoms with Crippen LogP contribution in [-0.4, -0.2) is 16.3 Å². The molecule has 3 nitrogen and oxygen atoms in total. The number of rotatable bonds is 4. The fourth-order valence-electron chi connectivity index (χ4n) is 1.35. The van der Waals surface area contributed by atoms with Crippen molar-refractivity contribution in [1.82, 2.24) is 9.78 Å². The minimum absolute atomic E-state index is 0.137. The van der Waals surface area contributed by atoms with Crippen LogP contribution in [0, 0.1) is 5.82 Å². The Morgan fingerprint density at radius 3 is 3.00 bits per heavy atom. The van der Waals surface area contributed by atoms with Gasteiger partial charge in [-0.25, -0.2) is 4.39 Å². The molecule has 0 unspecified atom stereocenters. The molecule has 16 heavy (non-hydrogen) atoms. The second-order valence-electron chi connectivity index (χ2n) is 3.32. The van der Waals surface area contributed by atoms with Crippen LogP contribution in [0.4, 0.5) is 10.1 Å². The average Bonchev–Trinajstić information content (AvgIpc) is 2.76. The van der Waals surface area contributed by atoms with Gasteiger partial charge in [0.25, 0.3) is 0 Å². The minimum Gasteiger partial charge on any atom is -0.383 e. The maximum absolute atomic E-state index is 13.1. The summed E-state index contributed by atoms with van der Waals surface area (Å²) in [7, 11) is 0. The highest BCUT2D eigenvalue weighted by atomic mass is 35.5. The summed E-state index contributed by atoms with van der Waals surface area (Å²) in [5.41, 5.74) is 0.717. The van der Waals surface area contributed by atoms with Gasteiger partial charge in [0, 0.05) is 24.6 Å². The zero-order valence-electron chi connectivity index (χ0n) is 8.53. The van der Waals surface area contributed by atoms with Crippen molar-refractivity contribution in [3.63, 3.8) is 0 Å². The van der Waals surface area contributed by atoms with Gasteiger partial charge < -0.3 is 5.32 Å². The molecular weight excluding hydrogens is 229 g/mol. The van der Waals surface area contributed by atoms with Crippen LogP contribution in [0.5, 0.6) is 0 Å². The van der Waals surface area contributed by atoms with Crippen LogP contribution in [0.1, 0.15) is 0 Å². The Kier molecular flexibility index (Phi) is 3.41. The molecule has 0 bridgehead atoms. The lowest BCUT2D eigenvalue weighted by molar-refractivity contribution is 0.626. The third kappa shape index (κ3) is 2.73. The van der Waals surface area contributed by atoms with Gasteiger partial charge in [-0.15, -0.1) is 0 Å². The molecule has 2 rings (SSSR count). The van der Waals surface area contributed by atoms with Crippen molar-refractivity contribution in [2.45, 2.75) is 6.54 Å². The Morgan fingerprint density at radius 1 is 1.44 bits per heavy atom. The minimum atomic E-state index is -0.411. The molecule has 1 aromatic carbocycles. The van der Waals surface area contributed by atoms with Gasteiger partial charge in [-0.05, 0) is 24.3 Å². The van der Waals surface area contributed by atoms with Crippen LogP contribution < -0.4 is 5.32 Å². The largest absolute Gasteiger partial charge is 0.383 e. The van der Waals surface area contributed by atoms with Crippen molar-refractivity contribution in [3.8, 4) is 0 Å². The molecule has 1 aromatic heterocycles. The third-order valence-corrected chi connectivity index (χ3v) is 2.46. The van der Waals surface area contributed by atoms with Crippen molar-refractivity contribution in [1.29, 1.82) is 0 Å². The Bertz CT molecular complexity index is 456. The predicted octanol–water partition coefficient (Wildman–Crippen LogP) is 2.79. The molecule has 0 spiro atoms. The Labute approximate surface area is 97.8 Å². The van der Waals surface area contributed by atoms with Crippen molar-refractivity contribution >= 4 is 17.3 Å². The quantitative estimate of drug-likeness (QED) is 0.889. The molecule has 0 saturated heterocycles. The lowest BCUT2D eigenvalue weighted by Crippen LogP contribution is -2.10. The zero-order chi connectivity index (χ0) is 11.4. The number of halogens is 2. The first-order chi connectivity index (χ1) is 7.75. The molecule has 0 aliphatic carbocycles. The Morgan fingerprint density at radius 2 is 2.31 bits per heavy atom. The van der Waals surface area contributed by atoms with E-state index in [4.69, 9.17) is 11.6 Å². The van der Waals surface area contributed by atoms with E-state index in [0.29, 0.717) is 12.2 Å². The second-order valence-corrected chi connectivity index (χ2v) is 3.73. The van der Waals surface area contributed by atoms with E-state index in [9.17, 15) is 4.39 Å². The van der Waals surface area contributed by atoms with Gasteiger partial charge >= 0.3 is 0 Å². The van der Waals surface area contributed by atoms with Gasteiger partial charge in [0.1, 0.15) is 5.82 Å². The van der Waals surface area contributed by atoms with Crippen LogP contribution >= 0.6 is 11.6 Å². The van der Waals surface area contributed by atoms with E-state index in [1.165, 1.54) is 12.1 Å². The molecule has 5 heteroatoms. The number of hydrogen-bond acceptors (Lipinski definition) is 2. The highest BCUT2D eigenvalue weighted by molar-refractivity contribution is 6.30. The molecule has 0 radical (unpaired) electrons.